The quantitative estimate of drug-likeness (QED) is 0.602. The molecule has 2 bridgehead atoms. The number of aryl methyl sites for hydroxylation is 3. The van der Waals surface area contributed by atoms with Crippen LogP contribution < -0.4 is 0 Å². The van der Waals surface area contributed by atoms with Crippen LogP contribution in [0.3, 0.4) is 0 Å². The molecule has 139 valence electrons. The van der Waals surface area contributed by atoms with Crippen molar-refractivity contribution in [2.75, 3.05) is 0 Å². The van der Waals surface area contributed by atoms with Crippen molar-refractivity contribution in [3.8, 4) is 5.69 Å². The van der Waals surface area contributed by atoms with Gasteiger partial charge in [-0.05, 0) is 0 Å². The zero-order valence-corrected chi connectivity index (χ0v) is 17.2. The second-order valence-electron chi connectivity index (χ2n) is 9.08. The Morgan fingerprint density at radius 2 is 1.68 bits per heavy atom. The summed E-state index contributed by atoms with van der Waals surface area (Å²) < 4.78 is 5.51. The maximum absolute atomic E-state index is 6.11. The molecule has 1 aromatic carbocycles. The summed E-state index contributed by atoms with van der Waals surface area (Å²) in [6.07, 6.45) is 7.06. The Hall–Kier alpha value is -1.05. The minimum atomic E-state index is 0.517. The third kappa shape index (κ3) is 2.46. The minimum absolute atomic E-state index is 0.517. The summed E-state index contributed by atoms with van der Waals surface area (Å²) in [7, 11) is 0. The molecule has 3 aliphatic carbocycles. The molecule has 0 unspecified atom stereocenters. The van der Waals surface area contributed by atoms with Crippen molar-refractivity contribution in [3.63, 3.8) is 0 Å². The second kappa shape index (κ2) is 5.72. The number of hydrogen-bond donors (Lipinski definition) is 0. The van der Waals surface area contributed by atoms with E-state index in [1.54, 1.807) is 0 Å². The summed E-state index contributed by atoms with van der Waals surface area (Å²) >= 11 is 6.11. The molecule has 4 atom stereocenters. The molecule has 1 heterocycles. The molecule has 3 fully saturated rings. The van der Waals surface area contributed by atoms with Crippen LogP contribution in [0.1, 0.15) is 56.3 Å². The number of rotatable bonds is 2. The van der Waals surface area contributed by atoms with Crippen LogP contribution in [0.25, 0.3) is 5.69 Å². The van der Waals surface area contributed by atoms with Crippen LogP contribution >= 0.6 is 0 Å². The van der Waals surface area contributed by atoms with E-state index in [1.807, 2.05) is 0 Å². The molecule has 0 amide bonds. The molecule has 2 nitrogen and oxygen atoms in total. The first-order valence-corrected chi connectivity index (χ1v) is 10.0. The van der Waals surface area contributed by atoms with E-state index in [1.165, 1.54) is 35.2 Å². The first-order chi connectivity index (χ1) is 11.7. The molecular formula is C22H30CuN2. The van der Waals surface area contributed by atoms with Gasteiger partial charge in [0.05, 0.1) is 0 Å². The van der Waals surface area contributed by atoms with Crippen LogP contribution in [0.15, 0.2) is 24.5 Å². The van der Waals surface area contributed by atoms with Crippen molar-refractivity contribution in [1.29, 1.82) is 0 Å². The fraction of sp³-hybridized carbons (Fsp3) is 0.591. The van der Waals surface area contributed by atoms with Gasteiger partial charge in [0, 0.05) is 0 Å². The Morgan fingerprint density at radius 3 is 2.24 bits per heavy atom. The van der Waals surface area contributed by atoms with E-state index in [-0.39, 0.29) is 0 Å². The number of benzene rings is 1. The predicted molar refractivity (Wildman–Crippen MR) is 99.4 cm³/mol. The molecule has 3 saturated carbocycles. The Labute approximate surface area is 159 Å². The summed E-state index contributed by atoms with van der Waals surface area (Å²) in [6, 6.07) is 5.05. The first-order valence-electron chi connectivity index (χ1n) is 9.54. The van der Waals surface area contributed by atoms with Gasteiger partial charge in [-0.25, -0.2) is 0 Å². The number of nitrogens with zero attached hydrogens (tertiary/aromatic N) is 2. The number of hydrogen-bond acceptors (Lipinski definition) is 0. The molecule has 0 saturated heterocycles. The normalized spacial score (nSPS) is 30.2. The zero-order valence-electron chi connectivity index (χ0n) is 16.2. The van der Waals surface area contributed by atoms with Gasteiger partial charge in [0.1, 0.15) is 0 Å². The van der Waals surface area contributed by atoms with E-state index in [2.05, 4.69) is 75.2 Å². The number of aromatic nitrogens is 2. The van der Waals surface area contributed by atoms with Crippen molar-refractivity contribution < 1.29 is 15.6 Å². The first kappa shape index (κ1) is 17.4. The van der Waals surface area contributed by atoms with Crippen molar-refractivity contribution in [3.05, 3.63) is 45.5 Å². The van der Waals surface area contributed by atoms with Crippen LogP contribution in [0.4, 0.5) is 0 Å². The third-order valence-electron chi connectivity index (χ3n) is 7.30. The molecule has 0 N–H and O–H groups in total. The Balaban J connectivity index is 1.73. The second-order valence-corrected chi connectivity index (χ2v) is 9.50. The number of fused-ring (bicyclic) bond motifs is 2. The predicted octanol–water partition coefficient (Wildman–Crippen LogP) is 5.53. The van der Waals surface area contributed by atoms with E-state index < -0.39 is 0 Å². The van der Waals surface area contributed by atoms with Crippen molar-refractivity contribution in [2.45, 2.75) is 60.4 Å². The molecular weight excluding hydrogens is 356 g/mol. The van der Waals surface area contributed by atoms with E-state index >= 15 is 0 Å². The van der Waals surface area contributed by atoms with Gasteiger partial charge in [-0.1, -0.05) is 0 Å². The maximum atomic E-state index is 6.11. The Bertz CT molecular complexity index is 863. The molecule has 25 heavy (non-hydrogen) atoms. The van der Waals surface area contributed by atoms with Crippen molar-refractivity contribution in [2.24, 2.45) is 23.2 Å². The van der Waals surface area contributed by atoms with Crippen LogP contribution in [0.2, 0.25) is 0 Å². The van der Waals surface area contributed by atoms with E-state index in [4.69, 9.17) is 15.6 Å². The average molecular weight is 386 g/mol. The van der Waals surface area contributed by atoms with E-state index in [0.29, 0.717) is 17.4 Å². The van der Waals surface area contributed by atoms with Crippen LogP contribution in [-0.2, 0) is 15.6 Å². The summed E-state index contributed by atoms with van der Waals surface area (Å²) in [5, 5.41) is 0. The van der Waals surface area contributed by atoms with Crippen molar-refractivity contribution in [1.82, 2.24) is 9.13 Å². The molecule has 1 aromatic heterocycles. The topological polar surface area (TPSA) is 9.86 Å². The summed E-state index contributed by atoms with van der Waals surface area (Å²) in [5.74, 6) is 2.38. The Morgan fingerprint density at radius 1 is 1.04 bits per heavy atom. The molecule has 0 spiro atoms. The van der Waals surface area contributed by atoms with Gasteiger partial charge in [0.25, 0.3) is 0 Å². The summed E-state index contributed by atoms with van der Waals surface area (Å²) in [5.41, 5.74) is 5.67. The molecule has 3 aliphatic rings. The van der Waals surface area contributed by atoms with Gasteiger partial charge < -0.3 is 0 Å². The average Bonchev–Trinajstić information content (AvgIpc) is 2.87. The Kier molecular flexibility index (Phi) is 3.98. The molecule has 3 heteroatoms. The van der Waals surface area contributed by atoms with Crippen LogP contribution in [-0.4, -0.2) is 9.13 Å². The molecule has 0 aliphatic heterocycles. The summed E-state index contributed by atoms with van der Waals surface area (Å²) in [4.78, 5) is 0. The van der Waals surface area contributed by atoms with E-state index in [9.17, 15) is 0 Å². The van der Waals surface area contributed by atoms with E-state index in [0.717, 1.165) is 16.2 Å². The molecule has 2 aromatic rings. The monoisotopic (exact) mass is 385 g/mol. The fourth-order valence-corrected chi connectivity index (χ4v) is 6.21. The fourth-order valence-electron chi connectivity index (χ4n) is 5.81. The molecule has 5 rings (SSSR count). The summed E-state index contributed by atoms with van der Waals surface area (Å²) in [6.45, 7) is 13.9. The van der Waals surface area contributed by atoms with Gasteiger partial charge in [-0.2, -0.15) is 0 Å². The van der Waals surface area contributed by atoms with Gasteiger partial charge in [0.15, 0.2) is 0 Å². The third-order valence-corrected chi connectivity index (χ3v) is 7.77. The van der Waals surface area contributed by atoms with Gasteiger partial charge >= 0.3 is 160 Å². The van der Waals surface area contributed by atoms with Crippen LogP contribution in [0.5, 0.6) is 0 Å². The van der Waals surface area contributed by atoms with Crippen LogP contribution in [0, 0.1) is 48.3 Å². The number of imidazole rings is 1. The molecule has 0 radical (unpaired) electrons. The van der Waals surface area contributed by atoms with Gasteiger partial charge in [0.2, 0.25) is 0 Å². The standard InChI is InChI=1S/C22H30N2.Cu/c1-14-9-15(2)21(16(3)10-14)24-8-7-23(13-24)20-12-18-11-19(17(20)4)22(18,5)6;/h7-10,17-20H,11-12H2,1-6H3;/t17-,18+,19+,20-;/m0./s1. The van der Waals surface area contributed by atoms with Gasteiger partial charge in [-0.3, -0.25) is 0 Å². The SMILES string of the molecule is Cc1cc(C)c(-n2ccn([C@H]3C[C@H]4C[C@H]([C@@H]3C)C4(C)C)[c]2=[Cu])c(C)c1. The van der Waals surface area contributed by atoms with Crippen molar-refractivity contribution >= 4 is 0 Å². The van der Waals surface area contributed by atoms with Gasteiger partial charge in [-0.15, -0.1) is 0 Å². The zero-order chi connectivity index (χ0) is 18.1.